The van der Waals surface area contributed by atoms with Gasteiger partial charge >= 0.3 is 0 Å². The number of nitrogens with one attached hydrogen (secondary N) is 1. The highest BCUT2D eigenvalue weighted by Gasteiger charge is 2.23. The number of anilines is 2. The first-order chi connectivity index (χ1) is 11.9. The molecule has 1 amide bonds. The molecule has 0 aliphatic carbocycles. The lowest BCUT2D eigenvalue weighted by Crippen LogP contribution is -2.33. The smallest absolute Gasteiger partial charge is 0.261 e. The van der Waals surface area contributed by atoms with Crippen molar-refractivity contribution in [2.24, 2.45) is 0 Å². The summed E-state index contributed by atoms with van der Waals surface area (Å²) in [5.74, 6) is -0.0217. The first-order valence-corrected chi connectivity index (χ1v) is 9.92. The summed E-state index contributed by atoms with van der Waals surface area (Å²) in [5, 5.41) is 0. The van der Waals surface area contributed by atoms with Gasteiger partial charge < -0.3 is 4.90 Å². The van der Waals surface area contributed by atoms with Crippen molar-refractivity contribution in [3.8, 4) is 0 Å². The summed E-state index contributed by atoms with van der Waals surface area (Å²) in [7, 11) is -3.67. The minimum absolute atomic E-state index is 0.0217. The van der Waals surface area contributed by atoms with Gasteiger partial charge in [-0.15, -0.1) is 0 Å². The number of carbonyl (C=O) groups is 1. The van der Waals surface area contributed by atoms with Gasteiger partial charge in [0.2, 0.25) is 5.91 Å². The van der Waals surface area contributed by atoms with E-state index in [1.807, 2.05) is 25.1 Å². The zero-order valence-corrected chi connectivity index (χ0v) is 15.3. The van der Waals surface area contributed by atoms with E-state index in [4.69, 9.17) is 0 Å². The molecule has 5 nitrogen and oxygen atoms in total. The molecule has 0 saturated carbocycles. The molecule has 0 bridgehead atoms. The number of benzene rings is 2. The third-order valence-electron chi connectivity index (χ3n) is 4.50. The third kappa shape index (κ3) is 3.54. The number of para-hydroxylation sites is 1. The largest absolute Gasteiger partial charge is 0.312 e. The number of hydrogen-bond acceptors (Lipinski definition) is 3. The molecule has 0 saturated heterocycles. The lowest BCUT2D eigenvalue weighted by atomic mass is 10.0. The second-order valence-electron chi connectivity index (χ2n) is 6.18. The Kier molecular flexibility index (Phi) is 4.81. The molecule has 1 N–H and O–H groups in total. The van der Waals surface area contributed by atoms with Crippen LogP contribution in [0.25, 0.3) is 0 Å². The average Bonchev–Trinajstić information content (AvgIpc) is 2.60. The molecule has 1 heterocycles. The fourth-order valence-corrected chi connectivity index (χ4v) is 4.35. The summed E-state index contributed by atoms with van der Waals surface area (Å²) in [6.45, 7) is 4.20. The van der Waals surface area contributed by atoms with Gasteiger partial charge in [-0.3, -0.25) is 9.52 Å². The Labute approximate surface area is 148 Å². The number of aryl methyl sites for hydroxylation is 2. The van der Waals surface area contributed by atoms with Gasteiger partial charge in [-0.1, -0.05) is 25.1 Å². The number of hydrogen-bond donors (Lipinski definition) is 1. The summed E-state index contributed by atoms with van der Waals surface area (Å²) < 4.78 is 28.2. The lowest BCUT2D eigenvalue weighted by Gasteiger charge is -2.28. The first kappa shape index (κ1) is 17.5. The van der Waals surface area contributed by atoms with Crippen molar-refractivity contribution in [3.05, 3.63) is 53.6 Å². The number of nitrogens with zero attached hydrogens (tertiary/aromatic N) is 1. The molecular weight excluding hydrogens is 336 g/mol. The quantitative estimate of drug-likeness (QED) is 0.911. The number of amides is 1. The Hall–Kier alpha value is -2.34. The minimum atomic E-state index is -3.67. The topological polar surface area (TPSA) is 66.5 Å². The fourth-order valence-electron chi connectivity index (χ4n) is 3.20. The lowest BCUT2D eigenvalue weighted by molar-refractivity contribution is -0.116. The molecule has 1 aliphatic rings. The van der Waals surface area contributed by atoms with E-state index in [2.05, 4.69) is 4.72 Å². The molecule has 0 atom stereocenters. The van der Waals surface area contributed by atoms with Crippen LogP contribution in [0.4, 0.5) is 11.4 Å². The molecule has 0 radical (unpaired) electrons. The zero-order valence-electron chi connectivity index (χ0n) is 14.5. The molecule has 6 heteroatoms. The monoisotopic (exact) mass is 358 g/mol. The van der Waals surface area contributed by atoms with Crippen LogP contribution in [0.2, 0.25) is 0 Å². The van der Waals surface area contributed by atoms with Gasteiger partial charge in [0.15, 0.2) is 0 Å². The van der Waals surface area contributed by atoms with Crippen molar-refractivity contribution < 1.29 is 13.2 Å². The molecule has 1 aliphatic heterocycles. The molecule has 0 unspecified atom stereocenters. The van der Waals surface area contributed by atoms with Gasteiger partial charge in [0, 0.05) is 19.2 Å². The number of carbonyl (C=O) groups excluding carboxylic acids is 1. The highest BCUT2D eigenvalue weighted by molar-refractivity contribution is 7.92. The molecule has 25 heavy (non-hydrogen) atoms. The van der Waals surface area contributed by atoms with Crippen LogP contribution < -0.4 is 9.62 Å². The predicted octanol–water partition coefficient (Wildman–Crippen LogP) is 3.35. The number of rotatable bonds is 4. The Morgan fingerprint density at radius 2 is 1.96 bits per heavy atom. The van der Waals surface area contributed by atoms with E-state index < -0.39 is 10.0 Å². The van der Waals surface area contributed by atoms with Crippen molar-refractivity contribution in [3.63, 3.8) is 0 Å². The summed E-state index contributed by atoms with van der Waals surface area (Å²) in [6, 6.07) is 12.4. The average molecular weight is 358 g/mol. The normalized spacial score (nSPS) is 14.1. The number of sulfonamides is 1. The highest BCUT2D eigenvalue weighted by atomic mass is 32.2. The maximum Gasteiger partial charge on any atom is 0.261 e. The van der Waals surface area contributed by atoms with Crippen LogP contribution >= 0.6 is 0 Å². The standard InChI is InChI=1S/C19H22N2O3S/c1-3-15-7-4-5-9-18(15)20-25(23,24)17-10-11-19-16(13-17)8-6-12-21(19)14(2)22/h4-5,7,9-11,13,20H,3,6,8,12H2,1-2H3. The maximum atomic E-state index is 12.8. The van der Waals surface area contributed by atoms with Crippen LogP contribution in [0.5, 0.6) is 0 Å². The Morgan fingerprint density at radius 3 is 2.68 bits per heavy atom. The first-order valence-electron chi connectivity index (χ1n) is 8.44. The third-order valence-corrected chi connectivity index (χ3v) is 5.87. The second kappa shape index (κ2) is 6.88. The molecule has 0 aromatic heterocycles. The minimum Gasteiger partial charge on any atom is -0.312 e. The SMILES string of the molecule is CCc1ccccc1NS(=O)(=O)c1ccc2c(c1)CCCN2C(C)=O. The summed E-state index contributed by atoms with van der Waals surface area (Å²) >= 11 is 0. The van der Waals surface area contributed by atoms with Gasteiger partial charge in [0.25, 0.3) is 10.0 Å². The van der Waals surface area contributed by atoms with Crippen LogP contribution in [0, 0.1) is 0 Å². The van der Waals surface area contributed by atoms with Gasteiger partial charge in [-0.25, -0.2) is 8.42 Å². The van der Waals surface area contributed by atoms with E-state index in [1.54, 1.807) is 29.2 Å². The maximum absolute atomic E-state index is 12.8. The van der Waals surface area contributed by atoms with Crippen LogP contribution in [-0.2, 0) is 27.7 Å². The molecule has 3 rings (SSSR count). The Bertz CT molecular complexity index is 907. The van der Waals surface area contributed by atoms with Gasteiger partial charge in [-0.2, -0.15) is 0 Å². The van der Waals surface area contributed by atoms with Crippen molar-refractivity contribution >= 4 is 27.3 Å². The molecule has 2 aromatic carbocycles. The second-order valence-corrected chi connectivity index (χ2v) is 7.86. The van der Waals surface area contributed by atoms with Gasteiger partial charge in [-0.05, 0) is 54.7 Å². The van der Waals surface area contributed by atoms with Crippen molar-refractivity contribution in [2.45, 2.75) is 38.0 Å². The zero-order chi connectivity index (χ0) is 18.0. The summed E-state index contributed by atoms with van der Waals surface area (Å²) in [4.78, 5) is 13.7. The summed E-state index contributed by atoms with van der Waals surface area (Å²) in [5.41, 5.74) is 3.26. The van der Waals surface area contributed by atoms with Crippen LogP contribution in [0.3, 0.4) is 0 Å². The molecule has 132 valence electrons. The van der Waals surface area contributed by atoms with E-state index >= 15 is 0 Å². The van der Waals surface area contributed by atoms with Gasteiger partial charge in [0.05, 0.1) is 10.6 Å². The predicted molar refractivity (Wildman–Crippen MR) is 99.4 cm³/mol. The van der Waals surface area contributed by atoms with E-state index in [0.717, 1.165) is 36.1 Å². The highest BCUT2D eigenvalue weighted by Crippen LogP contribution is 2.30. The van der Waals surface area contributed by atoms with Crippen LogP contribution in [0.15, 0.2) is 47.4 Å². The fraction of sp³-hybridized carbons (Fsp3) is 0.316. The van der Waals surface area contributed by atoms with E-state index in [0.29, 0.717) is 12.2 Å². The molecule has 0 fully saturated rings. The van der Waals surface area contributed by atoms with Crippen molar-refractivity contribution in [1.29, 1.82) is 0 Å². The van der Waals surface area contributed by atoms with E-state index in [9.17, 15) is 13.2 Å². The Balaban J connectivity index is 1.95. The van der Waals surface area contributed by atoms with E-state index in [-0.39, 0.29) is 10.8 Å². The van der Waals surface area contributed by atoms with Crippen LogP contribution in [0.1, 0.15) is 31.4 Å². The van der Waals surface area contributed by atoms with Crippen molar-refractivity contribution in [1.82, 2.24) is 0 Å². The summed E-state index contributed by atoms with van der Waals surface area (Å²) in [6.07, 6.45) is 2.35. The van der Waals surface area contributed by atoms with Crippen molar-refractivity contribution in [2.75, 3.05) is 16.2 Å². The van der Waals surface area contributed by atoms with Gasteiger partial charge in [0.1, 0.15) is 0 Å². The van der Waals surface area contributed by atoms with Crippen LogP contribution in [-0.4, -0.2) is 20.9 Å². The number of fused-ring (bicyclic) bond motifs is 1. The Morgan fingerprint density at radius 1 is 1.20 bits per heavy atom. The molecule has 0 spiro atoms. The van der Waals surface area contributed by atoms with E-state index in [1.165, 1.54) is 6.92 Å². The molecular formula is C19H22N2O3S. The molecule has 2 aromatic rings.